The molecule has 3 aliphatic rings. The zero-order chi connectivity index (χ0) is 13.7. The second-order valence-corrected chi connectivity index (χ2v) is 9.02. The quantitative estimate of drug-likeness (QED) is 0.823. The minimum absolute atomic E-state index is 0.510. The molecule has 1 saturated carbocycles. The van der Waals surface area contributed by atoms with Gasteiger partial charge in [-0.2, -0.15) is 0 Å². The Labute approximate surface area is 119 Å². The summed E-state index contributed by atoms with van der Waals surface area (Å²) in [7, 11) is 0. The van der Waals surface area contributed by atoms with E-state index in [-0.39, 0.29) is 0 Å². The van der Waals surface area contributed by atoms with Crippen molar-refractivity contribution >= 4 is 0 Å². The van der Waals surface area contributed by atoms with Gasteiger partial charge in [0.2, 0.25) is 0 Å². The van der Waals surface area contributed by atoms with Crippen LogP contribution >= 0.6 is 0 Å². The van der Waals surface area contributed by atoms with Crippen LogP contribution in [0.5, 0.6) is 0 Å². The molecule has 0 amide bonds. The van der Waals surface area contributed by atoms with Crippen molar-refractivity contribution < 1.29 is 0 Å². The second kappa shape index (κ2) is 4.73. The lowest BCUT2D eigenvalue weighted by molar-refractivity contribution is 0.0716. The zero-order valence-electron chi connectivity index (χ0n) is 13.3. The van der Waals surface area contributed by atoms with Crippen molar-refractivity contribution in [3.63, 3.8) is 0 Å². The van der Waals surface area contributed by atoms with Crippen LogP contribution in [0.2, 0.25) is 0 Å². The predicted molar refractivity (Wildman–Crippen MR) is 81.3 cm³/mol. The first kappa shape index (κ1) is 13.9. The number of rotatable bonds is 2. The molecule has 1 N–H and O–H groups in total. The minimum atomic E-state index is 0.510. The lowest BCUT2D eigenvalue weighted by Gasteiger charge is -2.47. The van der Waals surface area contributed by atoms with Gasteiger partial charge in [-0.15, -0.1) is 0 Å². The van der Waals surface area contributed by atoms with Crippen molar-refractivity contribution in [2.45, 2.75) is 71.9 Å². The molecule has 2 heteroatoms. The van der Waals surface area contributed by atoms with E-state index >= 15 is 0 Å². The molecule has 3 unspecified atom stereocenters. The highest BCUT2D eigenvalue weighted by Crippen LogP contribution is 2.46. The van der Waals surface area contributed by atoms with Crippen molar-refractivity contribution in [1.82, 2.24) is 10.2 Å². The van der Waals surface area contributed by atoms with E-state index in [4.69, 9.17) is 0 Å². The van der Waals surface area contributed by atoms with Crippen LogP contribution in [-0.2, 0) is 0 Å². The summed E-state index contributed by atoms with van der Waals surface area (Å²) in [5.41, 5.74) is 1.02. The Morgan fingerprint density at radius 1 is 0.947 bits per heavy atom. The van der Waals surface area contributed by atoms with Crippen LogP contribution in [0.3, 0.4) is 0 Å². The van der Waals surface area contributed by atoms with Gasteiger partial charge in [0.15, 0.2) is 0 Å². The van der Waals surface area contributed by atoms with Gasteiger partial charge < -0.3 is 10.2 Å². The fourth-order valence-corrected chi connectivity index (χ4v) is 5.44. The first-order chi connectivity index (χ1) is 8.83. The number of nitrogens with one attached hydrogen (secondary N) is 1. The minimum Gasteiger partial charge on any atom is -0.311 e. The highest BCUT2D eigenvalue weighted by Gasteiger charge is 2.41. The van der Waals surface area contributed by atoms with Crippen molar-refractivity contribution in [1.29, 1.82) is 0 Å². The molecule has 2 aliphatic heterocycles. The number of nitrogens with zero attached hydrogens (tertiary/aromatic N) is 1. The predicted octanol–water partition coefficient (Wildman–Crippen LogP) is 3.28. The molecule has 3 rings (SSSR count). The van der Waals surface area contributed by atoms with Crippen LogP contribution in [0.15, 0.2) is 0 Å². The third kappa shape index (κ3) is 3.16. The molecule has 0 spiro atoms. The summed E-state index contributed by atoms with van der Waals surface area (Å²) >= 11 is 0. The monoisotopic (exact) mass is 264 g/mol. The van der Waals surface area contributed by atoms with Crippen molar-refractivity contribution in [2.75, 3.05) is 19.6 Å². The molecule has 0 aromatic rings. The van der Waals surface area contributed by atoms with Gasteiger partial charge in [-0.25, -0.2) is 0 Å². The lowest BCUT2D eigenvalue weighted by atomic mass is 9.63. The smallest absolute Gasteiger partial charge is 0.0123 e. The van der Waals surface area contributed by atoms with E-state index in [0.29, 0.717) is 10.8 Å². The maximum atomic E-state index is 4.07. The average molecular weight is 264 g/mol. The van der Waals surface area contributed by atoms with E-state index in [0.717, 1.165) is 18.0 Å². The Morgan fingerprint density at radius 2 is 1.58 bits per heavy atom. The van der Waals surface area contributed by atoms with E-state index in [9.17, 15) is 0 Å². The van der Waals surface area contributed by atoms with Gasteiger partial charge in [-0.3, -0.25) is 0 Å². The van der Waals surface area contributed by atoms with Gasteiger partial charge in [-0.1, -0.05) is 27.7 Å². The Morgan fingerprint density at radius 3 is 2.26 bits per heavy atom. The van der Waals surface area contributed by atoms with Gasteiger partial charge in [0, 0.05) is 18.6 Å². The van der Waals surface area contributed by atoms with Crippen molar-refractivity contribution in [3.05, 3.63) is 0 Å². The summed E-state index contributed by atoms with van der Waals surface area (Å²) < 4.78 is 0. The summed E-state index contributed by atoms with van der Waals surface area (Å²) in [6.45, 7) is 13.9. The number of hydrogen-bond donors (Lipinski definition) is 1. The molecule has 3 fully saturated rings. The number of piperidine rings is 1. The molecule has 0 radical (unpaired) electrons. The number of hydrogen-bond acceptors (Lipinski definition) is 2. The summed E-state index contributed by atoms with van der Waals surface area (Å²) in [6, 6.07) is 1.55. The van der Waals surface area contributed by atoms with Gasteiger partial charge in [-0.05, 0) is 61.9 Å². The summed E-state index contributed by atoms with van der Waals surface area (Å²) in [4.78, 5) is 2.65. The third-order valence-corrected chi connectivity index (χ3v) is 5.64. The molecule has 1 aliphatic carbocycles. The highest BCUT2D eigenvalue weighted by atomic mass is 15.2. The molecule has 2 heterocycles. The van der Waals surface area contributed by atoms with Crippen LogP contribution in [0.1, 0.15) is 59.8 Å². The summed E-state index contributed by atoms with van der Waals surface area (Å²) in [6.07, 6.45) is 6.91. The van der Waals surface area contributed by atoms with Crippen LogP contribution in [0.25, 0.3) is 0 Å². The van der Waals surface area contributed by atoms with Gasteiger partial charge in [0.25, 0.3) is 0 Å². The molecule has 3 atom stereocenters. The molecule has 2 bridgehead atoms. The molecule has 19 heavy (non-hydrogen) atoms. The Kier molecular flexibility index (Phi) is 3.46. The van der Waals surface area contributed by atoms with Crippen molar-refractivity contribution in [3.8, 4) is 0 Å². The Balaban J connectivity index is 1.62. The topological polar surface area (TPSA) is 15.3 Å². The van der Waals surface area contributed by atoms with Crippen molar-refractivity contribution in [2.24, 2.45) is 16.7 Å². The maximum Gasteiger partial charge on any atom is 0.0123 e. The first-order valence-corrected chi connectivity index (χ1v) is 8.31. The van der Waals surface area contributed by atoms with E-state index in [1.54, 1.807) is 0 Å². The highest BCUT2D eigenvalue weighted by molar-refractivity contribution is 4.97. The van der Waals surface area contributed by atoms with Gasteiger partial charge in [0.1, 0.15) is 0 Å². The molecule has 0 aromatic carbocycles. The van der Waals surface area contributed by atoms with Gasteiger partial charge in [0.05, 0.1) is 0 Å². The molecule has 110 valence electrons. The molecular weight excluding hydrogens is 232 g/mol. The van der Waals surface area contributed by atoms with E-state index < -0.39 is 0 Å². The van der Waals surface area contributed by atoms with E-state index in [2.05, 4.69) is 37.9 Å². The van der Waals surface area contributed by atoms with Crippen LogP contribution < -0.4 is 5.32 Å². The fourth-order valence-electron chi connectivity index (χ4n) is 5.44. The SMILES string of the molecule is CC1(C)CC(NC2CCN3CCC2C3)CC(C)(C)C1. The van der Waals surface area contributed by atoms with Crippen LogP contribution in [-0.4, -0.2) is 36.6 Å². The molecular formula is C17H32N2. The average Bonchev–Trinajstić information content (AvgIpc) is 2.61. The van der Waals surface area contributed by atoms with E-state index in [1.165, 1.54) is 51.7 Å². The first-order valence-electron chi connectivity index (χ1n) is 8.31. The zero-order valence-corrected chi connectivity index (χ0v) is 13.3. The fraction of sp³-hybridized carbons (Fsp3) is 1.00. The van der Waals surface area contributed by atoms with Gasteiger partial charge >= 0.3 is 0 Å². The second-order valence-electron chi connectivity index (χ2n) is 9.02. The lowest BCUT2D eigenvalue weighted by Crippen LogP contribution is -2.52. The van der Waals surface area contributed by atoms with Crippen LogP contribution in [0.4, 0.5) is 0 Å². The molecule has 2 saturated heterocycles. The van der Waals surface area contributed by atoms with Crippen LogP contribution in [0, 0.1) is 16.7 Å². The number of fused-ring (bicyclic) bond motifs is 2. The maximum absolute atomic E-state index is 4.07. The largest absolute Gasteiger partial charge is 0.311 e. The van der Waals surface area contributed by atoms with E-state index in [1.807, 2.05) is 0 Å². The third-order valence-electron chi connectivity index (χ3n) is 5.64. The normalized spacial score (nSPS) is 41.4. The Bertz CT molecular complexity index is 318. The summed E-state index contributed by atoms with van der Waals surface area (Å²) in [5.74, 6) is 0.932. The molecule has 0 aromatic heterocycles. The molecule has 2 nitrogen and oxygen atoms in total. The summed E-state index contributed by atoms with van der Waals surface area (Å²) in [5, 5.41) is 4.07. The Hall–Kier alpha value is -0.0800. The standard InChI is InChI=1S/C17H32N2/c1-16(2)9-14(10-17(3,4)12-16)18-15-6-8-19-7-5-13(15)11-19/h13-15,18H,5-12H2,1-4H3.